The molecule has 0 radical (unpaired) electrons. The van der Waals surface area contributed by atoms with Crippen molar-refractivity contribution in [2.45, 2.75) is 25.4 Å². The lowest BCUT2D eigenvalue weighted by atomic mass is 10.0. The van der Waals surface area contributed by atoms with Crippen molar-refractivity contribution in [1.82, 2.24) is 30.1 Å². The summed E-state index contributed by atoms with van der Waals surface area (Å²) in [6.07, 6.45) is 3.50. The van der Waals surface area contributed by atoms with Gasteiger partial charge >= 0.3 is 0 Å². The molecule has 178 valence electrons. The summed E-state index contributed by atoms with van der Waals surface area (Å²) in [5.41, 5.74) is 15.8. The Kier molecular flexibility index (Phi) is 6.38. The normalized spacial score (nSPS) is 16.0. The molecule has 1 aliphatic heterocycles. The molecule has 2 aromatic carbocycles. The highest BCUT2D eigenvalue weighted by Gasteiger charge is 2.28. The van der Waals surface area contributed by atoms with Crippen LogP contribution in [0.25, 0.3) is 28.2 Å². The Morgan fingerprint density at radius 3 is 2.69 bits per heavy atom. The molecule has 11 heteroatoms. The number of tetrazole rings is 1. The van der Waals surface area contributed by atoms with Crippen LogP contribution in [0.2, 0.25) is 10.0 Å². The van der Waals surface area contributed by atoms with E-state index in [1.807, 2.05) is 30.3 Å². The van der Waals surface area contributed by atoms with Crippen molar-refractivity contribution < 1.29 is 4.79 Å². The van der Waals surface area contributed by atoms with Crippen LogP contribution >= 0.6 is 23.2 Å². The molecule has 5 rings (SSSR count). The van der Waals surface area contributed by atoms with Gasteiger partial charge in [0.05, 0.1) is 27.3 Å². The fourth-order valence-corrected chi connectivity index (χ4v) is 4.74. The summed E-state index contributed by atoms with van der Waals surface area (Å²) in [7, 11) is 0. The number of hydrogen-bond donors (Lipinski definition) is 2. The van der Waals surface area contributed by atoms with Gasteiger partial charge in [-0.2, -0.15) is 4.68 Å². The van der Waals surface area contributed by atoms with Gasteiger partial charge in [0.2, 0.25) is 5.91 Å². The van der Waals surface area contributed by atoms with Crippen molar-refractivity contribution in [3.63, 3.8) is 0 Å². The molecule has 4 aromatic rings. The highest BCUT2D eigenvalue weighted by Crippen LogP contribution is 2.33. The van der Waals surface area contributed by atoms with Crippen LogP contribution in [0.1, 0.15) is 18.4 Å². The molecule has 0 saturated carbocycles. The number of carbonyl (C=O) groups excluding carboxylic acids is 1. The lowest BCUT2D eigenvalue weighted by Gasteiger charge is -2.21. The summed E-state index contributed by atoms with van der Waals surface area (Å²) in [4.78, 5) is 18.2. The first-order chi connectivity index (χ1) is 16.9. The van der Waals surface area contributed by atoms with Crippen molar-refractivity contribution >= 4 is 34.9 Å². The maximum atomic E-state index is 11.7. The number of nitrogen functional groups attached to an aromatic ring is 1. The molecule has 4 N–H and O–H groups in total. The zero-order valence-electron chi connectivity index (χ0n) is 18.6. The summed E-state index contributed by atoms with van der Waals surface area (Å²) in [6.45, 7) is 1.54. The van der Waals surface area contributed by atoms with E-state index in [4.69, 9.17) is 34.7 Å². The van der Waals surface area contributed by atoms with E-state index in [0.717, 1.165) is 36.1 Å². The van der Waals surface area contributed by atoms with Crippen LogP contribution in [0.3, 0.4) is 0 Å². The number of likely N-dealkylation sites (tertiary alicyclic amines) is 1. The average Bonchev–Trinajstić information content (AvgIpc) is 3.52. The number of carbonyl (C=O) groups is 1. The maximum absolute atomic E-state index is 11.7. The van der Waals surface area contributed by atoms with E-state index in [1.54, 1.807) is 24.4 Å². The zero-order chi connectivity index (χ0) is 24.5. The molecule has 1 saturated heterocycles. The molecule has 35 heavy (non-hydrogen) atoms. The third-order valence-electron chi connectivity index (χ3n) is 6.15. The first kappa shape index (κ1) is 23.2. The molecule has 2 aromatic heterocycles. The predicted octanol–water partition coefficient (Wildman–Crippen LogP) is 3.73. The van der Waals surface area contributed by atoms with E-state index in [9.17, 15) is 4.79 Å². The maximum Gasteiger partial charge on any atom is 0.234 e. The van der Waals surface area contributed by atoms with Gasteiger partial charge in [-0.25, -0.2) is 4.98 Å². The van der Waals surface area contributed by atoms with E-state index in [1.165, 1.54) is 4.68 Å². The summed E-state index contributed by atoms with van der Waals surface area (Å²) < 4.78 is 1.49. The summed E-state index contributed by atoms with van der Waals surface area (Å²) in [5.74, 6) is 0.413. The Hall–Kier alpha value is -3.53. The van der Waals surface area contributed by atoms with Crippen LogP contribution < -0.4 is 11.5 Å². The minimum atomic E-state index is -0.263. The summed E-state index contributed by atoms with van der Waals surface area (Å²) >= 11 is 12.6. The highest BCUT2D eigenvalue weighted by atomic mass is 35.5. The Labute approximate surface area is 211 Å². The Bertz CT molecular complexity index is 1390. The van der Waals surface area contributed by atoms with Gasteiger partial charge in [0.1, 0.15) is 5.82 Å². The zero-order valence-corrected chi connectivity index (χ0v) is 20.1. The molecule has 1 amide bonds. The lowest BCUT2D eigenvalue weighted by Crippen LogP contribution is -2.39. The van der Waals surface area contributed by atoms with Crippen LogP contribution in [0.5, 0.6) is 0 Å². The summed E-state index contributed by atoms with van der Waals surface area (Å²) in [5, 5.41) is 12.8. The topological polar surface area (TPSA) is 129 Å². The van der Waals surface area contributed by atoms with E-state index >= 15 is 0 Å². The van der Waals surface area contributed by atoms with Crippen molar-refractivity contribution in [3.05, 3.63) is 70.3 Å². The van der Waals surface area contributed by atoms with Crippen molar-refractivity contribution in [3.8, 4) is 28.2 Å². The van der Waals surface area contributed by atoms with Crippen molar-refractivity contribution in [2.75, 3.05) is 12.3 Å². The molecule has 1 aliphatic rings. The van der Waals surface area contributed by atoms with E-state index < -0.39 is 0 Å². The minimum Gasteiger partial charge on any atom is -0.383 e. The first-order valence-electron chi connectivity index (χ1n) is 11.0. The molecule has 9 nitrogen and oxygen atoms in total. The quantitative estimate of drug-likeness (QED) is 0.405. The minimum absolute atomic E-state index is 0.197. The standard InChI is InChI=1S/C24H22Cl2N8O/c25-18-3-1-4-19(21(18)26)34-24(30-31-32-34)17-11-16(12-29-22(17)27)15-8-6-14(7-9-15)13-33-10-2-5-20(33)23(28)35/h1,3-4,6-9,11-12,20H,2,5,10,13H2,(H2,27,29)(H2,28,35). The molecule has 1 atom stereocenters. The van der Waals surface area contributed by atoms with Gasteiger partial charge in [0.15, 0.2) is 5.82 Å². The number of anilines is 1. The van der Waals surface area contributed by atoms with Gasteiger partial charge in [-0.1, -0.05) is 53.5 Å². The largest absolute Gasteiger partial charge is 0.383 e. The summed E-state index contributed by atoms with van der Waals surface area (Å²) in [6, 6.07) is 15.0. The van der Waals surface area contributed by atoms with E-state index in [2.05, 4.69) is 25.4 Å². The fraction of sp³-hybridized carbons (Fsp3) is 0.208. The third kappa shape index (κ3) is 4.58. The van der Waals surface area contributed by atoms with Crippen LogP contribution in [0, 0.1) is 0 Å². The van der Waals surface area contributed by atoms with Gasteiger partial charge in [-0.15, -0.1) is 5.10 Å². The Balaban J connectivity index is 1.44. The van der Waals surface area contributed by atoms with E-state index in [0.29, 0.717) is 33.7 Å². The molecule has 3 heterocycles. The van der Waals surface area contributed by atoms with Gasteiger partial charge in [-0.05, 0) is 59.1 Å². The van der Waals surface area contributed by atoms with Crippen LogP contribution in [0.4, 0.5) is 5.82 Å². The smallest absolute Gasteiger partial charge is 0.234 e. The fourth-order valence-electron chi connectivity index (χ4n) is 4.36. The SMILES string of the molecule is NC(=O)C1CCCN1Cc1ccc(-c2cnc(N)c(-c3nnnn3-c3cccc(Cl)c3Cl)c2)cc1. The first-order valence-corrected chi connectivity index (χ1v) is 11.8. The van der Waals surface area contributed by atoms with Crippen LogP contribution in [0.15, 0.2) is 54.7 Å². The second-order valence-corrected chi connectivity index (χ2v) is 9.16. The molecular weight excluding hydrogens is 487 g/mol. The van der Waals surface area contributed by atoms with E-state index in [-0.39, 0.29) is 17.8 Å². The van der Waals surface area contributed by atoms with Crippen LogP contribution in [-0.4, -0.2) is 48.6 Å². The number of benzene rings is 2. The second-order valence-electron chi connectivity index (χ2n) is 8.37. The Morgan fingerprint density at radius 1 is 1.11 bits per heavy atom. The lowest BCUT2D eigenvalue weighted by molar-refractivity contribution is -0.122. The highest BCUT2D eigenvalue weighted by molar-refractivity contribution is 6.43. The molecular formula is C24H22Cl2N8O. The van der Waals surface area contributed by atoms with Gasteiger partial charge in [0.25, 0.3) is 0 Å². The third-order valence-corrected chi connectivity index (χ3v) is 6.96. The number of aromatic nitrogens is 5. The number of nitrogens with zero attached hydrogens (tertiary/aromatic N) is 6. The van der Waals surface area contributed by atoms with Gasteiger partial charge in [-0.3, -0.25) is 9.69 Å². The average molecular weight is 509 g/mol. The molecule has 1 unspecified atom stereocenters. The number of rotatable bonds is 6. The number of primary amides is 1. The molecule has 0 bridgehead atoms. The second kappa shape index (κ2) is 9.61. The van der Waals surface area contributed by atoms with Crippen molar-refractivity contribution in [2.24, 2.45) is 5.73 Å². The van der Waals surface area contributed by atoms with Crippen LogP contribution in [-0.2, 0) is 11.3 Å². The number of nitrogens with two attached hydrogens (primary N) is 2. The van der Waals surface area contributed by atoms with Gasteiger partial charge in [0, 0.05) is 18.3 Å². The Morgan fingerprint density at radius 2 is 1.91 bits per heavy atom. The number of pyridine rings is 1. The predicted molar refractivity (Wildman–Crippen MR) is 135 cm³/mol. The number of amides is 1. The molecule has 0 aliphatic carbocycles. The number of halogens is 2. The molecule has 0 spiro atoms. The van der Waals surface area contributed by atoms with Gasteiger partial charge < -0.3 is 11.5 Å². The van der Waals surface area contributed by atoms with Crippen molar-refractivity contribution in [1.29, 1.82) is 0 Å². The number of hydrogen-bond acceptors (Lipinski definition) is 7. The monoisotopic (exact) mass is 508 g/mol. The molecule has 1 fully saturated rings.